The monoisotopic (exact) mass is 431 g/mol. The normalized spacial score (nSPS) is 15.9. The molecule has 0 spiro atoms. The topological polar surface area (TPSA) is 94.9 Å². The van der Waals surface area contributed by atoms with E-state index in [0.717, 1.165) is 24.8 Å². The Morgan fingerprint density at radius 2 is 1.80 bits per heavy atom. The molecule has 6 nitrogen and oxygen atoms in total. The second kappa shape index (κ2) is 9.08. The number of unbranched alkanes of at least 4 members (excludes halogenated alkanes) is 2. The minimum atomic E-state index is -3.13. The molecule has 1 aliphatic rings. The molecule has 0 radical (unpaired) electrons. The van der Waals surface area contributed by atoms with Gasteiger partial charge in [0.25, 0.3) is 5.91 Å². The fraction of sp³-hybridized carbons (Fsp3) is 0.435. The number of amides is 1. The van der Waals surface area contributed by atoms with Gasteiger partial charge in [-0.05, 0) is 37.0 Å². The lowest BCUT2D eigenvalue weighted by molar-refractivity contribution is 0.0766. The van der Waals surface area contributed by atoms with Crippen LogP contribution in [0.5, 0.6) is 11.5 Å². The Bertz CT molecular complexity index is 1030. The van der Waals surface area contributed by atoms with E-state index in [-0.39, 0.29) is 53.1 Å². The van der Waals surface area contributed by atoms with E-state index in [2.05, 4.69) is 6.92 Å². The van der Waals surface area contributed by atoms with E-state index in [1.54, 1.807) is 12.1 Å². The van der Waals surface area contributed by atoms with Crippen LogP contribution in [0.25, 0.3) is 11.1 Å². The third-order valence-corrected chi connectivity index (χ3v) is 7.17. The summed E-state index contributed by atoms with van der Waals surface area (Å²) < 4.78 is 23.5. The Hall–Kier alpha value is -2.54. The SMILES string of the molecule is CCCCCc1cc(O)c(-c2cccc(C)c2)c(O)c1C(=O)N1CCS(=O)(=O)CC1. The highest BCUT2D eigenvalue weighted by atomic mass is 32.2. The molecular weight excluding hydrogens is 402 g/mol. The highest BCUT2D eigenvalue weighted by Gasteiger charge is 2.30. The van der Waals surface area contributed by atoms with Crippen molar-refractivity contribution < 1.29 is 23.4 Å². The van der Waals surface area contributed by atoms with Crippen LogP contribution in [0.4, 0.5) is 0 Å². The molecule has 30 heavy (non-hydrogen) atoms. The highest BCUT2D eigenvalue weighted by Crippen LogP contribution is 2.42. The number of phenolic OH excluding ortho intramolecular Hbond substituents is 2. The fourth-order valence-corrected chi connectivity index (χ4v) is 5.07. The summed E-state index contributed by atoms with van der Waals surface area (Å²) in [5.74, 6) is -0.850. The predicted molar refractivity (Wildman–Crippen MR) is 118 cm³/mol. The number of rotatable bonds is 6. The molecule has 0 saturated carbocycles. The maximum absolute atomic E-state index is 13.3. The Morgan fingerprint density at radius 3 is 2.43 bits per heavy atom. The van der Waals surface area contributed by atoms with Gasteiger partial charge >= 0.3 is 0 Å². The van der Waals surface area contributed by atoms with Crippen LogP contribution >= 0.6 is 0 Å². The molecule has 0 unspecified atom stereocenters. The molecule has 1 heterocycles. The van der Waals surface area contributed by atoms with Crippen molar-refractivity contribution >= 4 is 15.7 Å². The minimum absolute atomic E-state index is 0.0672. The van der Waals surface area contributed by atoms with Crippen LogP contribution in [0, 0.1) is 6.92 Å². The molecule has 162 valence electrons. The van der Waals surface area contributed by atoms with Gasteiger partial charge in [0.05, 0.1) is 22.6 Å². The molecule has 0 aromatic heterocycles. The number of nitrogens with zero attached hydrogens (tertiary/aromatic N) is 1. The molecule has 1 fully saturated rings. The van der Waals surface area contributed by atoms with Crippen molar-refractivity contribution in [2.45, 2.75) is 39.5 Å². The Kier molecular flexibility index (Phi) is 6.71. The van der Waals surface area contributed by atoms with Gasteiger partial charge < -0.3 is 15.1 Å². The number of hydrogen-bond acceptors (Lipinski definition) is 5. The molecule has 2 aromatic rings. The Morgan fingerprint density at radius 1 is 1.10 bits per heavy atom. The average molecular weight is 432 g/mol. The highest BCUT2D eigenvalue weighted by molar-refractivity contribution is 7.91. The van der Waals surface area contributed by atoms with Crippen molar-refractivity contribution in [3.63, 3.8) is 0 Å². The summed E-state index contributed by atoms with van der Waals surface area (Å²) in [4.78, 5) is 14.8. The third kappa shape index (κ3) is 4.78. The molecule has 1 aliphatic heterocycles. The standard InChI is InChI=1S/C23H29NO5S/c1-3-4-5-8-18-15-19(25)20(17-9-6-7-16(2)14-17)22(26)21(18)23(27)24-10-12-30(28,29)13-11-24/h6-7,9,14-15,25-26H,3-5,8,10-13H2,1-2H3. The second-order valence-corrected chi connectivity index (χ2v) is 10.2. The summed E-state index contributed by atoms with van der Waals surface area (Å²) in [7, 11) is -3.13. The zero-order chi connectivity index (χ0) is 21.9. The van der Waals surface area contributed by atoms with Gasteiger partial charge in [0.2, 0.25) is 0 Å². The number of aryl methyl sites for hydroxylation is 2. The van der Waals surface area contributed by atoms with Crippen molar-refractivity contribution in [1.29, 1.82) is 0 Å². The van der Waals surface area contributed by atoms with Crippen molar-refractivity contribution in [3.8, 4) is 22.6 Å². The van der Waals surface area contributed by atoms with E-state index in [0.29, 0.717) is 17.5 Å². The lowest BCUT2D eigenvalue weighted by Gasteiger charge is -2.28. The number of sulfone groups is 1. The van der Waals surface area contributed by atoms with Gasteiger partial charge in [0, 0.05) is 13.1 Å². The Labute approximate surface area is 178 Å². The van der Waals surface area contributed by atoms with Crippen LogP contribution < -0.4 is 0 Å². The Balaban J connectivity index is 2.07. The molecule has 2 N–H and O–H groups in total. The van der Waals surface area contributed by atoms with Gasteiger partial charge in [-0.2, -0.15) is 0 Å². The lowest BCUT2D eigenvalue weighted by atomic mass is 9.92. The van der Waals surface area contributed by atoms with Gasteiger partial charge in [0.1, 0.15) is 11.5 Å². The molecule has 7 heteroatoms. The smallest absolute Gasteiger partial charge is 0.257 e. The summed E-state index contributed by atoms with van der Waals surface area (Å²) in [6.07, 6.45) is 3.35. The molecule has 0 bridgehead atoms. The van der Waals surface area contributed by atoms with E-state index >= 15 is 0 Å². The number of hydrogen-bond donors (Lipinski definition) is 2. The largest absolute Gasteiger partial charge is 0.507 e. The van der Waals surface area contributed by atoms with Gasteiger partial charge in [-0.3, -0.25) is 4.79 Å². The van der Waals surface area contributed by atoms with Crippen LogP contribution in [0.1, 0.15) is 47.7 Å². The number of aromatic hydroxyl groups is 2. The first-order chi connectivity index (χ1) is 14.2. The molecule has 3 rings (SSSR count). The minimum Gasteiger partial charge on any atom is -0.507 e. The molecule has 2 aromatic carbocycles. The molecule has 0 aliphatic carbocycles. The van der Waals surface area contributed by atoms with Crippen LogP contribution in [-0.4, -0.2) is 54.0 Å². The van der Waals surface area contributed by atoms with Gasteiger partial charge in [-0.25, -0.2) is 8.42 Å². The average Bonchev–Trinajstić information content (AvgIpc) is 2.68. The van der Waals surface area contributed by atoms with Crippen molar-refractivity contribution in [1.82, 2.24) is 4.90 Å². The van der Waals surface area contributed by atoms with E-state index in [9.17, 15) is 23.4 Å². The predicted octanol–water partition coefficient (Wildman–Crippen LogP) is 3.68. The van der Waals surface area contributed by atoms with Crippen molar-refractivity contribution in [3.05, 3.63) is 47.0 Å². The lowest BCUT2D eigenvalue weighted by Crippen LogP contribution is -2.44. The zero-order valence-electron chi connectivity index (χ0n) is 17.5. The third-order valence-electron chi connectivity index (χ3n) is 5.56. The quantitative estimate of drug-likeness (QED) is 0.681. The van der Waals surface area contributed by atoms with E-state index in [1.165, 1.54) is 4.90 Å². The van der Waals surface area contributed by atoms with Crippen LogP contribution in [0.3, 0.4) is 0 Å². The van der Waals surface area contributed by atoms with Gasteiger partial charge in [-0.1, -0.05) is 49.6 Å². The van der Waals surface area contributed by atoms with Crippen LogP contribution in [0.15, 0.2) is 30.3 Å². The fourth-order valence-electron chi connectivity index (χ4n) is 3.87. The molecule has 1 saturated heterocycles. The van der Waals surface area contributed by atoms with E-state index in [1.807, 2.05) is 25.1 Å². The van der Waals surface area contributed by atoms with E-state index < -0.39 is 9.84 Å². The van der Waals surface area contributed by atoms with E-state index in [4.69, 9.17) is 0 Å². The maximum Gasteiger partial charge on any atom is 0.257 e. The second-order valence-electron chi connectivity index (χ2n) is 7.92. The summed E-state index contributed by atoms with van der Waals surface area (Å²) in [6.45, 7) is 4.21. The zero-order valence-corrected chi connectivity index (χ0v) is 18.3. The van der Waals surface area contributed by atoms with Crippen molar-refractivity contribution in [2.75, 3.05) is 24.6 Å². The summed E-state index contributed by atoms with van der Waals surface area (Å²) in [6, 6.07) is 8.93. The summed E-state index contributed by atoms with van der Waals surface area (Å²) in [5.41, 5.74) is 2.58. The molecular formula is C23H29NO5S. The number of phenols is 2. The summed E-state index contributed by atoms with van der Waals surface area (Å²) in [5, 5.41) is 21.8. The maximum atomic E-state index is 13.3. The van der Waals surface area contributed by atoms with Crippen LogP contribution in [0.2, 0.25) is 0 Å². The van der Waals surface area contributed by atoms with Gasteiger partial charge in [-0.15, -0.1) is 0 Å². The first kappa shape index (κ1) is 22.2. The van der Waals surface area contributed by atoms with Gasteiger partial charge in [0.15, 0.2) is 9.84 Å². The first-order valence-corrected chi connectivity index (χ1v) is 12.2. The number of carbonyl (C=O) groups excluding carboxylic acids is 1. The number of benzene rings is 2. The molecule has 0 atom stereocenters. The van der Waals surface area contributed by atoms with Crippen LogP contribution in [-0.2, 0) is 16.3 Å². The van der Waals surface area contributed by atoms with Crippen molar-refractivity contribution in [2.24, 2.45) is 0 Å². The number of carbonyl (C=O) groups is 1. The first-order valence-electron chi connectivity index (χ1n) is 10.4. The summed E-state index contributed by atoms with van der Waals surface area (Å²) >= 11 is 0. The molecule has 1 amide bonds.